The van der Waals surface area contributed by atoms with E-state index in [9.17, 15) is 4.79 Å². The molecule has 0 spiro atoms. The Hall–Kier alpha value is -4.21. The molecule has 3 aromatic carbocycles. The first-order valence-electron chi connectivity index (χ1n) is 12.7. The molecule has 0 saturated carbocycles. The Morgan fingerprint density at radius 2 is 1.71 bits per heavy atom. The van der Waals surface area contributed by atoms with Crippen LogP contribution in [0.1, 0.15) is 16.8 Å². The minimum atomic E-state index is -0.159. The topological polar surface area (TPSA) is 97.8 Å². The molecule has 0 aliphatic carbocycles. The molecule has 0 unspecified atom stereocenters. The molecule has 0 atom stereocenters. The van der Waals surface area contributed by atoms with Gasteiger partial charge in [0.1, 0.15) is 11.6 Å². The van der Waals surface area contributed by atoms with Crippen molar-refractivity contribution in [3.05, 3.63) is 78.4 Å². The van der Waals surface area contributed by atoms with Gasteiger partial charge >= 0.3 is 6.01 Å². The van der Waals surface area contributed by atoms with Crippen LogP contribution >= 0.6 is 0 Å². The molecule has 1 amide bonds. The van der Waals surface area contributed by atoms with Crippen LogP contribution in [0.2, 0.25) is 0 Å². The monoisotopic (exact) mass is 513 g/mol. The number of hydrogen-bond donors (Lipinski definition) is 2. The molecule has 196 valence electrons. The molecule has 0 bridgehead atoms. The van der Waals surface area contributed by atoms with E-state index in [0.717, 1.165) is 55.9 Å². The minimum absolute atomic E-state index is 0.159. The van der Waals surface area contributed by atoms with Gasteiger partial charge in [0.15, 0.2) is 0 Å². The van der Waals surface area contributed by atoms with Crippen molar-refractivity contribution in [3.63, 3.8) is 0 Å². The summed E-state index contributed by atoms with van der Waals surface area (Å²) < 4.78 is 17.0. The molecule has 9 nitrogen and oxygen atoms in total. The first kappa shape index (κ1) is 25.4. The number of anilines is 3. The fourth-order valence-corrected chi connectivity index (χ4v) is 4.30. The number of nitrogens with one attached hydrogen (secondary N) is 2. The molecule has 4 aromatic rings. The van der Waals surface area contributed by atoms with Gasteiger partial charge < -0.3 is 24.8 Å². The number of amides is 1. The Morgan fingerprint density at radius 1 is 0.947 bits per heavy atom. The smallest absolute Gasteiger partial charge is 0.318 e. The quantitative estimate of drug-likeness (QED) is 0.294. The fraction of sp³-hybridized carbons (Fsp3) is 0.276. The predicted octanol–water partition coefficient (Wildman–Crippen LogP) is 4.74. The summed E-state index contributed by atoms with van der Waals surface area (Å²) in [5, 5.41) is 7.05. The molecule has 2 N–H and O–H groups in total. The second kappa shape index (κ2) is 12.4. The van der Waals surface area contributed by atoms with Crippen LogP contribution in [0.3, 0.4) is 0 Å². The highest BCUT2D eigenvalue weighted by molar-refractivity contribution is 6.04. The van der Waals surface area contributed by atoms with Gasteiger partial charge in [0.2, 0.25) is 0 Å². The zero-order valence-corrected chi connectivity index (χ0v) is 21.4. The maximum atomic E-state index is 12.5. The van der Waals surface area contributed by atoms with Crippen molar-refractivity contribution in [1.29, 1.82) is 0 Å². The lowest BCUT2D eigenvalue weighted by Gasteiger charge is -2.26. The van der Waals surface area contributed by atoms with E-state index in [0.29, 0.717) is 35.4 Å². The third-order valence-corrected chi connectivity index (χ3v) is 6.28. The van der Waals surface area contributed by atoms with E-state index in [-0.39, 0.29) is 5.91 Å². The van der Waals surface area contributed by atoms with Crippen LogP contribution in [0.5, 0.6) is 11.8 Å². The summed E-state index contributed by atoms with van der Waals surface area (Å²) in [6, 6.07) is 22.5. The van der Waals surface area contributed by atoms with E-state index >= 15 is 0 Å². The molecule has 1 aromatic heterocycles. The molecular formula is C29H31N5O4. The van der Waals surface area contributed by atoms with E-state index in [1.807, 2.05) is 60.7 Å². The molecule has 1 aliphatic rings. The van der Waals surface area contributed by atoms with Gasteiger partial charge in [-0.3, -0.25) is 9.69 Å². The lowest BCUT2D eigenvalue weighted by atomic mass is 10.2. The summed E-state index contributed by atoms with van der Waals surface area (Å²) in [7, 11) is 1.62. The largest absolute Gasteiger partial charge is 0.496 e. The Labute approximate surface area is 221 Å². The van der Waals surface area contributed by atoms with Gasteiger partial charge in [0.05, 0.1) is 37.8 Å². The van der Waals surface area contributed by atoms with Crippen LogP contribution in [0.4, 0.5) is 17.2 Å². The Balaban J connectivity index is 1.29. The summed E-state index contributed by atoms with van der Waals surface area (Å²) in [4.78, 5) is 24.1. The van der Waals surface area contributed by atoms with Crippen LogP contribution in [0.15, 0.2) is 72.8 Å². The first-order valence-corrected chi connectivity index (χ1v) is 12.7. The van der Waals surface area contributed by atoms with Crippen molar-refractivity contribution in [3.8, 4) is 11.8 Å². The summed E-state index contributed by atoms with van der Waals surface area (Å²) in [5.74, 6) is 1.08. The average molecular weight is 514 g/mol. The third kappa shape index (κ3) is 6.37. The standard InChI is InChI=1S/C29H31N5O4/c1-36-25-10-5-9-24-26(25)27(33-29(32-24)38-18-6-15-34-16-19-37-20-17-34)30-22-11-13-23(14-12-22)31-28(35)21-7-3-2-4-8-21/h2-5,7-14H,6,15-20H2,1H3,(H,31,35)(H,30,32,33). The van der Waals surface area contributed by atoms with Gasteiger partial charge in [0.25, 0.3) is 5.91 Å². The van der Waals surface area contributed by atoms with Crippen molar-refractivity contribution in [2.45, 2.75) is 6.42 Å². The molecule has 5 rings (SSSR count). The number of fused-ring (bicyclic) bond motifs is 1. The molecule has 1 fully saturated rings. The number of hydrogen-bond acceptors (Lipinski definition) is 8. The number of benzene rings is 3. The number of methoxy groups -OCH3 is 1. The lowest BCUT2D eigenvalue weighted by Crippen LogP contribution is -2.37. The summed E-state index contributed by atoms with van der Waals surface area (Å²) in [6.07, 6.45) is 0.873. The fourth-order valence-electron chi connectivity index (χ4n) is 4.30. The van der Waals surface area contributed by atoms with Gasteiger partial charge in [-0.2, -0.15) is 9.97 Å². The molecule has 1 saturated heterocycles. The van der Waals surface area contributed by atoms with Gasteiger partial charge in [0, 0.05) is 36.6 Å². The Bertz CT molecular complexity index is 1360. The van der Waals surface area contributed by atoms with E-state index in [1.54, 1.807) is 19.2 Å². The highest BCUT2D eigenvalue weighted by Crippen LogP contribution is 2.33. The van der Waals surface area contributed by atoms with E-state index < -0.39 is 0 Å². The normalized spacial score (nSPS) is 13.7. The first-order chi connectivity index (χ1) is 18.7. The van der Waals surface area contributed by atoms with Crippen molar-refractivity contribution >= 4 is 34.0 Å². The zero-order valence-electron chi connectivity index (χ0n) is 21.4. The van der Waals surface area contributed by atoms with Crippen molar-refractivity contribution in [2.75, 3.05) is 57.2 Å². The molecule has 38 heavy (non-hydrogen) atoms. The van der Waals surface area contributed by atoms with Crippen LogP contribution < -0.4 is 20.1 Å². The lowest BCUT2D eigenvalue weighted by molar-refractivity contribution is 0.0356. The number of nitrogens with zero attached hydrogens (tertiary/aromatic N) is 3. The number of morpholine rings is 1. The number of ether oxygens (including phenoxy) is 3. The highest BCUT2D eigenvalue weighted by Gasteiger charge is 2.15. The van der Waals surface area contributed by atoms with E-state index in [4.69, 9.17) is 14.2 Å². The Kier molecular flexibility index (Phi) is 8.27. The number of carbonyl (C=O) groups excluding carboxylic acids is 1. The maximum Gasteiger partial charge on any atom is 0.318 e. The van der Waals surface area contributed by atoms with Crippen LogP contribution in [-0.4, -0.2) is 67.3 Å². The third-order valence-electron chi connectivity index (χ3n) is 6.28. The average Bonchev–Trinajstić information content (AvgIpc) is 2.97. The van der Waals surface area contributed by atoms with E-state index in [2.05, 4.69) is 25.5 Å². The van der Waals surface area contributed by atoms with Gasteiger partial charge in [-0.05, 0) is 55.0 Å². The summed E-state index contributed by atoms with van der Waals surface area (Å²) in [6.45, 7) is 4.94. The van der Waals surface area contributed by atoms with Crippen molar-refractivity contribution in [1.82, 2.24) is 14.9 Å². The number of rotatable bonds is 10. The van der Waals surface area contributed by atoms with Crippen molar-refractivity contribution < 1.29 is 19.0 Å². The van der Waals surface area contributed by atoms with Crippen LogP contribution in [0, 0.1) is 0 Å². The second-order valence-electron chi connectivity index (χ2n) is 8.89. The summed E-state index contributed by atoms with van der Waals surface area (Å²) >= 11 is 0. The van der Waals surface area contributed by atoms with Crippen LogP contribution in [0.25, 0.3) is 10.9 Å². The minimum Gasteiger partial charge on any atom is -0.496 e. The number of aromatic nitrogens is 2. The molecule has 0 radical (unpaired) electrons. The Morgan fingerprint density at radius 3 is 2.47 bits per heavy atom. The van der Waals surface area contributed by atoms with Gasteiger partial charge in [-0.25, -0.2) is 0 Å². The maximum absolute atomic E-state index is 12.5. The van der Waals surface area contributed by atoms with Gasteiger partial charge in [-0.1, -0.05) is 24.3 Å². The SMILES string of the molecule is COc1cccc2nc(OCCCN3CCOCC3)nc(Nc3ccc(NC(=O)c4ccccc4)cc3)c12. The molecule has 2 heterocycles. The summed E-state index contributed by atoms with van der Waals surface area (Å²) in [5.41, 5.74) is 2.81. The molecule has 9 heteroatoms. The highest BCUT2D eigenvalue weighted by atomic mass is 16.5. The predicted molar refractivity (Wildman–Crippen MR) is 148 cm³/mol. The van der Waals surface area contributed by atoms with E-state index in [1.165, 1.54) is 0 Å². The zero-order chi connectivity index (χ0) is 26.2. The van der Waals surface area contributed by atoms with Crippen molar-refractivity contribution in [2.24, 2.45) is 0 Å². The van der Waals surface area contributed by atoms with Crippen LogP contribution in [-0.2, 0) is 4.74 Å². The number of carbonyl (C=O) groups is 1. The molecular weight excluding hydrogens is 482 g/mol. The molecule has 1 aliphatic heterocycles. The second-order valence-corrected chi connectivity index (χ2v) is 8.89. The van der Waals surface area contributed by atoms with Gasteiger partial charge in [-0.15, -0.1) is 0 Å².